The van der Waals surface area contributed by atoms with Crippen LogP contribution in [-0.2, 0) is 6.42 Å². The predicted molar refractivity (Wildman–Crippen MR) is 95.0 cm³/mol. The summed E-state index contributed by atoms with van der Waals surface area (Å²) in [5.41, 5.74) is 1.47. The Balaban J connectivity index is 1.52. The van der Waals surface area contributed by atoms with Crippen LogP contribution >= 0.6 is 0 Å². The third-order valence-corrected chi connectivity index (χ3v) is 3.61. The highest BCUT2D eigenvalue weighted by molar-refractivity contribution is 6.02. The molecule has 0 fully saturated rings. The molecule has 0 radical (unpaired) electrons. The Labute approximate surface area is 149 Å². The number of anilines is 2. The number of benzene rings is 2. The van der Waals surface area contributed by atoms with Gasteiger partial charge in [0.25, 0.3) is 5.91 Å². The summed E-state index contributed by atoms with van der Waals surface area (Å²) in [6.07, 6.45) is 0.698. The Morgan fingerprint density at radius 3 is 2.42 bits per heavy atom. The number of halogens is 2. The van der Waals surface area contributed by atoms with Crippen LogP contribution in [0.3, 0.4) is 0 Å². The van der Waals surface area contributed by atoms with Crippen LogP contribution in [0.5, 0.6) is 0 Å². The van der Waals surface area contributed by atoms with Crippen LogP contribution in [0.1, 0.15) is 16.1 Å². The largest absolute Gasteiger partial charge is 0.368 e. The van der Waals surface area contributed by atoms with Gasteiger partial charge in [-0.15, -0.1) is 10.2 Å². The first-order valence-corrected chi connectivity index (χ1v) is 7.99. The van der Waals surface area contributed by atoms with E-state index in [1.165, 1.54) is 36.4 Å². The molecule has 0 spiro atoms. The number of carbonyl (C=O) groups excluding carboxylic acids is 1. The van der Waals surface area contributed by atoms with Crippen molar-refractivity contribution >= 4 is 17.4 Å². The van der Waals surface area contributed by atoms with Crippen molar-refractivity contribution in [1.82, 2.24) is 10.2 Å². The third-order valence-electron chi connectivity index (χ3n) is 3.61. The fourth-order valence-corrected chi connectivity index (χ4v) is 2.29. The van der Waals surface area contributed by atoms with E-state index in [4.69, 9.17) is 0 Å². The van der Waals surface area contributed by atoms with Gasteiger partial charge in [0.2, 0.25) is 0 Å². The van der Waals surface area contributed by atoms with Crippen molar-refractivity contribution in [3.63, 3.8) is 0 Å². The summed E-state index contributed by atoms with van der Waals surface area (Å²) in [6.45, 7) is 0.592. The Kier molecular flexibility index (Phi) is 5.48. The summed E-state index contributed by atoms with van der Waals surface area (Å²) in [4.78, 5) is 12.1. The monoisotopic (exact) mass is 354 g/mol. The number of nitrogens with zero attached hydrogens (tertiary/aromatic N) is 2. The highest BCUT2D eigenvalue weighted by atomic mass is 19.1. The van der Waals surface area contributed by atoms with Gasteiger partial charge in [-0.25, -0.2) is 8.78 Å². The average molecular weight is 354 g/mol. The smallest absolute Gasteiger partial charge is 0.276 e. The zero-order valence-corrected chi connectivity index (χ0v) is 13.7. The molecule has 3 rings (SSSR count). The van der Waals surface area contributed by atoms with Crippen molar-refractivity contribution in [3.05, 3.63) is 83.6 Å². The zero-order chi connectivity index (χ0) is 18.4. The third kappa shape index (κ3) is 4.83. The molecule has 1 amide bonds. The van der Waals surface area contributed by atoms with Crippen LogP contribution in [0.15, 0.2) is 60.7 Å². The molecule has 26 heavy (non-hydrogen) atoms. The predicted octanol–water partition coefficient (Wildman–Crippen LogP) is 3.66. The number of amides is 1. The molecular formula is C19H16F2N4O. The minimum Gasteiger partial charge on any atom is -0.368 e. The van der Waals surface area contributed by atoms with E-state index in [2.05, 4.69) is 20.8 Å². The molecule has 2 N–H and O–H groups in total. The van der Waals surface area contributed by atoms with Crippen LogP contribution in [0.25, 0.3) is 0 Å². The van der Waals surface area contributed by atoms with Gasteiger partial charge in [-0.3, -0.25) is 4.79 Å². The lowest BCUT2D eigenvalue weighted by Crippen LogP contribution is -2.15. The summed E-state index contributed by atoms with van der Waals surface area (Å²) in [5.74, 6) is -0.648. The van der Waals surface area contributed by atoms with Crippen LogP contribution in [0.2, 0.25) is 0 Å². The van der Waals surface area contributed by atoms with Crippen molar-refractivity contribution in [2.75, 3.05) is 17.2 Å². The molecule has 132 valence electrons. The van der Waals surface area contributed by atoms with Crippen molar-refractivity contribution in [2.45, 2.75) is 6.42 Å². The first-order valence-electron chi connectivity index (χ1n) is 7.99. The summed E-state index contributed by atoms with van der Waals surface area (Å²) in [5, 5.41) is 13.5. The summed E-state index contributed by atoms with van der Waals surface area (Å²) >= 11 is 0. The molecule has 0 aliphatic rings. The number of nitrogens with one attached hydrogen (secondary N) is 2. The van der Waals surface area contributed by atoms with Crippen LogP contribution in [0, 0.1) is 11.6 Å². The molecule has 0 saturated heterocycles. The summed E-state index contributed by atoms with van der Waals surface area (Å²) in [6, 6.07) is 15.1. The second-order valence-electron chi connectivity index (χ2n) is 5.57. The van der Waals surface area contributed by atoms with E-state index < -0.39 is 11.7 Å². The van der Waals surface area contributed by atoms with Gasteiger partial charge in [-0.2, -0.15) is 0 Å². The Bertz CT molecular complexity index is 883. The standard InChI is InChI=1S/C19H16F2N4O/c20-14-6-4-13(5-7-14)10-11-22-18-9-8-17(24-25-18)19(26)23-16-3-1-2-15(21)12-16/h1-9,12H,10-11H2,(H,22,25)(H,23,26). The van der Waals surface area contributed by atoms with Crippen molar-refractivity contribution in [1.29, 1.82) is 0 Å². The quantitative estimate of drug-likeness (QED) is 0.709. The Morgan fingerprint density at radius 2 is 1.73 bits per heavy atom. The van der Waals surface area contributed by atoms with Gasteiger partial charge >= 0.3 is 0 Å². The summed E-state index contributed by atoms with van der Waals surface area (Å²) in [7, 11) is 0. The molecule has 7 heteroatoms. The first kappa shape index (κ1) is 17.5. The maximum atomic E-state index is 13.1. The lowest BCUT2D eigenvalue weighted by molar-refractivity contribution is 0.102. The number of aromatic nitrogens is 2. The van der Waals surface area contributed by atoms with Gasteiger partial charge in [0.05, 0.1) is 0 Å². The van der Waals surface area contributed by atoms with Gasteiger partial charge in [0, 0.05) is 12.2 Å². The molecule has 0 bridgehead atoms. The lowest BCUT2D eigenvalue weighted by Gasteiger charge is -2.07. The number of rotatable bonds is 6. The highest BCUT2D eigenvalue weighted by Crippen LogP contribution is 2.11. The maximum absolute atomic E-state index is 13.1. The number of hydrogen-bond acceptors (Lipinski definition) is 4. The van der Waals surface area contributed by atoms with Gasteiger partial charge in [-0.1, -0.05) is 18.2 Å². The SMILES string of the molecule is O=C(Nc1cccc(F)c1)c1ccc(NCCc2ccc(F)cc2)nn1. The summed E-state index contributed by atoms with van der Waals surface area (Å²) < 4.78 is 26.0. The Hall–Kier alpha value is -3.35. The van der Waals surface area contributed by atoms with E-state index in [0.717, 1.165) is 5.56 Å². The minimum absolute atomic E-state index is 0.123. The zero-order valence-electron chi connectivity index (χ0n) is 13.7. The topological polar surface area (TPSA) is 66.9 Å². The molecule has 2 aromatic carbocycles. The van der Waals surface area contributed by atoms with Gasteiger partial charge < -0.3 is 10.6 Å². The molecule has 0 aliphatic heterocycles. The molecule has 5 nitrogen and oxygen atoms in total. The van der Waals surface area contributed by atoms with Crippen molar-refractivity contribution in [2.24, 2.45) is 0 Å². The van der Waals surface area contributed by atoms with Gasteiger partial charge in [-0.05, 0) is 54.4 Å². The minimum atomic E-state index is -0.471. The lowest BCUT2D eigenvalue weighted by atomic mass is 10.1. The highest BCUT2D eigenvalue weighted by Gasteiger charge is 2.09. The molecule has 3 aromatic rings. The number of hydrogen-bond donors (Lipinski definition) is 2. The molecule has 1 aromatic heterocycles. The molecule has 1 heterocycles. The van der Waals surface area contributed by atoms with Crippen LogP contribution < -0.4 is 10.6 Å². The van der Waals surface area contributed by atoms with Gasteiger partial charge in [0.1, 0.15) is 17.5 Å². The van der Waals surface area contributed by atoms with E-state index in [9.17, 15) is 13.6 Å². The normalized spacial score (nSPS) is 10.4. The molecular weight excluding hydrogens is 338 g/mol. The van der Waals surface area contributed by atoms with E-state index in [0.29, 0.717) is 24.5 Å². The second-order valence-corrected chi connectivity index (χ2v) is 5.57. The van der Waals surface area contributed by atoms with Crippen LogP contribution in [-0.4, -0.2) is 22.6 Å². The van der Waals surface area contributed by atoms with E-state index in [1.807, 2.05) is 0 Å². The van der Waals surface area contributed by atoms with E-state index in [-0.39, 0.29) is 11.5 Å². The molecule has 0 saturated carbocycles. The van der Waals surface area contributed by atoms with Crippen LogP contribution in [0.4, 0.5) is 20.3 Å². The second kappa shape index (κ2) is 8.15. The van der Waals surface area contributed by atoms with E-state index >= 15 is 0 Å². The Morgan fingerprint density at radius 1 is 0.923 bits per heavy atom. The number of carbonyl (C=O) groups is 1. The molecule has 0 atom stereocenters. The molecule has 0 aliphatic carbocycles. The van der Waals surface area contributed by atoms with Gasteiger partial charge in [0.15, 0.2) is 5.69 Å². The molecule has 0 unspecified atom stereocenters. The fourth-order valence-electron chi connectivity index (χ4n) is 2.29. The van der Waals surface area contributed by atoms with E-state index in [1.54, 1.807) is 24.3 Å². The maximum Gasteiger partial charge on any atom is 0.276 e. The van der Waals surface area contributed by atoms with Crippen molar-refractivity contribution < 1.29 is 13.6 Å². The van der Waals surface area contributed by atoms with Crippen molar-refractivity contribution in [3.8, 4) is 0 Å². The first-order chi connectivity index (χ1) is 12.6. The average Bonchev–Trinajstić information content (AvgIpc) is 2.64. The fraction of sp³-hybridized carbons (Fsp3) is 0.105.